The number of rotatable bonds is 9. The standard InChI is InChI=1S/C25H24N4O5/c1-32-23-12-16(13-27-28-25(26)31)10-11-22(23)33-14-17(30)15-34-29-24-20-8-4-2-6-18(20)19-7-3-5-9-21(19)24/h2-13,17,30H,14-15H2,1H3,(H3,26,28,31)/b27-13+. The van der Waals surface area contributed by atoms with Crippen molar-refractivity contribution in [2.24, 2.45) is 16.0 Å². The van der Waals surface area contributed by atoms with Crippen LogP contribution in [0.3, 0.4) is 0 Å². The van der Waals surface area contributed by atoms with Gasteiger partial charge in [-0.1, -0.05) is 53.7 Å². The molecule has 0 saturated heterocycles. The zero-order valence-electron chi connectivity index (χ0n) is 18.5. The Labute approximate surface area is 196 Å². The zero-order valence-corrected chi connectivity index (χ0v) is 18.5. The number of amides is 2. The monoisotopic (exact) mass is 460 g/mol. The third-order valence-electron chi connectivity index (χ3n) is 5.08. The molecule has 4 rings (SSSR count). The zero-order chi connectivity index (χ0) is 23.9. The normalized spacial score (nSPS) is 12.6. The van der Waals surface area contributed by atoms with Gasteiger partial charge in [-0.05, 0) is 34.9 Å². The van der Waals surface area contributed by atoms with E-state index in [1.54, 1.807) is 18.2 Å². The molecular formula is C25H24N4O5. The smallest absolute Gasteiger partial charge is 0.332 e. The molecule has 1 aliphatic rings. The predicted molar refractivity (Wildman–Crippen MR) is 128 cm³/mol. The lowest BCUT2D eigenvalue weighted by Crippen LogP contribution is -2.24. The lowest BCUT2D eigenvalue weighted by Gasteiger charge is -2.14. The summed E-state index contributed by atoms with van der Waals surface area (Å²) in [6, 6.07) is 20.3. The van der Waals surface area contributed by atoms with E-state index in [4.69, 9.17) is 20.0 Å². The fraction of sp³-hybridized carbons (Fsp3) is 0.160. The molecule has 2 amide bonds. The lowest BCUT2D eigenvalue weighted by atomic mass is 10.1. The highest BCUT2D eigenvalue weighted by molar-refractivity contribution is 6.24. The number of primary amides is 1. The Hall–Kier alpha value is -4.37. The van der Waals surface area contributed by atoms with Gasteiger partial charge in [-0.2, -0.15) is 5.10 Å². The van der Waals surface area contributed by atoms with Crippen LogP contribution in [0.1, 0.15) is 16.7 Å². The van der Waals surface area contributed by atoms with Crippen molar-refractivity contribution >= 4 is 18.0 Å². The Morgan fingerprint density at radius 3 is 2.26 bits per heavy atom. The molecule has 0 radical (unpaired) electrons. The van der Waals surface area contributed by atoms with E-state index in [1.807, 2.05) is 36.4 Å². The van der Waals surface area contributed by atoms with Crippen molar-refractivity contribution in [2.75, 3.05) is 20.3 Å². The quantitative estimate of drug-likeness (QED) is 0.261. The van der Waals surface area contributed by atoms with E-state index in [-0.39, 0.29) is 13.2 Å². The van der Waals surface area contributed by atoms with E-state index in [9.17, 15) is 9.90 Å². The Balaban J connectivity index is 1.35. The minimum atomic E-state index is -0.915. The molecule has 0 spiro atoms. The molecule has 0 heterocycles. The number of oxime groups is 1. The van der Waals surface area contributed by atoms with Crippen molar-refractivity contribution in [1.82, 2.24) is 5.43 Å². The SMILES string of the molecule is COc1cc(/C=N/NC(N)=O)ccc1OCC(O)CON=C1c2ccccc2-c2ccccc21. The number of methoxy groups -OCH3 is 1. The first-order valence-corrected chi connectivity index (χ1v) is 10.5. The van der Waals surface area contributed by atoms with E-state index in [0.29, 0.717) is 17.1 Å². The maximum Gasteiger partial charge on any atom is 0.332 e. The van der Waals surface area contributed by atoms with Crippen LogP contribution in [-0.2, 0) is 4.84 Å². The predicted octanol–water partition coefficient (Wildman–Crippen LogP) is 2.89. The molecule has 0 bridgehead atoms. The van der Waals surface area contributed by atoms with Crippen LogP contribution in [-0.4, -0.2) is 49.5 Å². The molecule has 174 valence electrons. The Morgan fingerprint density at radius 1 is 1.00 bits per heavy atom. The summed E-state index contributed by atoms with van der Waals surface area (Å²) in [4.78, 5) is 16.2. The average Bonchev–Trinajstić information content (AvgIpc) is 3.17. The van der Waals surface area contributed by atoms with E-state index in [0.717, 1.165) is 28.0 Å². The van der Waals surface area contributed by atoms with Crippen LogP contribution in [0.25, 0.3) is 11.1 Å². The number of hydrazone groups is 1. The summed E-state index contributed by atoms with van der Waals surface area (Å²) >= 11 is 0. The second-order valence-corrected chi connectivity index (χ2v) is 7.44. The fourth-order valence-corrected chi connectivity index (χ4v) is 3.57. The Bertz CT molecular complexity index is 1190. The van der Waals surface area contributed by atoms with E-state index < -0.39 is 12.1 Å². The minimum absolute atomic E-state index is 0.0228. The van der Waals surface area contributed by atoms with Crippen LogP contribution in [0.5, 0.6) is 11.5 Å². The third-order valence-corrected chi connectivity index (χ3v) is 5.08. The number of nitrogens with zero attached hydrogens (tertiary/aromatic N) is 2. The van der Waals surface area contributed by atoms with Gasteiger partial charge in [0.2, 0.25) is 0 Å². The summed E-state index contributed by atoms with van der Waals surface area (Å²) in [6.45, 7) is -0.0648. The maximum absolute atomic E-state index is 10.7. The number of aliphatic hydroxyl groups excluding tert-OH is 1. The number of carbonyl (C=O) groups is 1. The summed E-state index contributed by atoms with van der Waals surface area (Å²) in [5, 5.41) is 18.3. The van der Waals surface area contributed by atoms with Gasteiger partial charge in [0.1, 0.15) is 25.0 Å². The van der Waals surface area contributed by atoms with Crippen LogP contribution in [0, 0.1) is 0 Å². The van der Waals surface area contributed by atoms with Gasteiger partial charge >= 0.3 is 6.03 Å². The number of nitrogens with one attached hydrogen (secondary N) is 1. The van der Waals surface area contributed by atoms with Gasteiger partial charge in [0.15, 0.2) is 11.5 Å². The summed E-state index contributed by atoms with van der Waals surface area (Å²) in [5.41, 5.74) is 12.7. The van der Waals surface area contributed by atoms with Crippen LogP contribution in [0.15, 0.2) is 77.0 Å². The van der Waals surface area contributed by atoms with Crippen molar-refractivity contribution in [2.45, 2.75) is 6.10 Å². The molecule has 1 atom stereocenters. The van der Waals surface area contributed by atoms with Gasteiger partial charge in [0.05, 0.1) is 13.3 Å². The molecule has 34 heavy (non-hydrogen) atoms. The number of hydrogen-bond donors (Lipinski definition) is 3. The highest BCUT2D eigenvalue weighted by Crippen LogP contribution is 2.36. The van der Waals surface area contributed by atoms with Crippen molar-refractivity contribution in [3.05, 3.63) is 83.4 Å². The molecule has 3 aromatic rings. The second-order valence-electron chi connectivity index (χ2n) is 7.44. The number of fused-ring (bicyclic) bond motifs is 3. The Kier molecular flexibility index (Phi) is 7.04. The molecule has 0 aliphatic heterocycles. The summed E-state index contributed by atoms with van der Waals surface area (Å²) in [5.74, 6) is 0.877. The molecule has 0 fully saturated rings. The molecule has 1 unspecified atom stereocenters. The average molecular weight is 460 g/mol. The van der Waals surface area contributed by atoms with Gasteiger partial charge in [0, 0.05) is 11.1 Å². The lowest BCUT2D eigenvalue weighted by molar-refractivity contribution is 0.0140. The first-order valence-electron chi connectivity index (χ1n) is 10.5. The minimum Gasteiger partial charge on any atom is -0.493 e. The number of aliphatic hydroxyl groups is 1. The third kappa shape index (κ3) is 5.16. The second kappa shape index (κ2) is 10.5. The fourth-order valence-electron chi connectivity index (χ4n) is 3.57. The first kappa shape index (κ1) is 22.8. The topological polar surface area (TPSA) is 128 Å². The van der Waals surface area contributed by atoms with Gasteiger partial charge in [-0.25, -0.2) is 10.2 Å². The van der Waals surface area contributed by atoms with Gasteiger partial charge in [-0.3, -0.25) is 0 Å². The number of hydrogen-bond acceptors (Lipinski definition) is 7. The van der Waals surface area contributed by atoms with Crippen LogP contribution in [0.4, 0.5) is 4.79 Å². The van der Waals surface area contributed by atoms with E-state index in [1.165, 1.54) is 13.3 Å². The Morgan fingerprint density at radius 2 is 1.65 bits per heavy atom. The van der Waals surface area contributed by atoms with Gasteiger partial charge < -0.3 is 25.2 Å². The molecule has 4 N–H and O–H groups in total. The maximum atomic E-state index is 10.7. The molecule has 0 saturated carbocycles. The number of ether oxygens (including phenoxy) is 2. The molecule has 9 heteroatoms. The number of carbonyl (C=O) groups excluding carboxylic acids is 1. The number of urea groups is 1. The summed E-state index contributed by atoms with van der Waals surface area (Å²) in [7, 11) is 1.50. The van der Waals surface area contributed by atoms with Gasteiger partial charge in [-0.15, -0.1) is 0 Å². The first-order chi connectivity index (χ1) is 16.6. The van der Waals surface area contributed by atoms with Crippen molar-refractivity contribution in [3.8, 4) is 22.6 Å². The van der Waals surface area contributed by atoms with Crippen LogP contribution >= 0.6 is 0 Å². The molecule has 0 aromatic heterocycles. The number of benzene rings is 3. The van der Waals surface area contributed by atoms with Crippen molar-refractivity contribution in [1.29, 1.82) is 0 Å². The summed E-state index contributed by atoms with van der Waals surface area (Å²) < 4.78 is 11.0. The highest BCUT2D eigenvalue weighted by atomic mass is 16.6. The van der Waals surface area contributed by atoms with E-state index in [2.05, 4.69) is 27.8 Å². The van der Waals surface area contributed by atoms with Crippen molar-refractivity contribution in [3.63, 3.8) is 0 Å². The molecule has 1 aliphatic carbocycles. The number of nitrogens with two attached hydrogens (primary N) is 1. The molecular weight excluding hydrogens is 436 g/mol. The summed E-state index contributed by atoms with van der Waals surface area (Å²) in [6.07, 6.45) is 0.500. The molecule has 9 nitrogen and oxygen atoms in total. The van der Waals surface area contributed by atoms with Crippen LogP contribution in [0.2, 0.25) is 0 Å². The highest BCUT2D eigenvalue weighted by Gasteiger charge is 2.24. The largest absolute Gasteiger partial charge is 0.493 e. The van der Waals surface area contributed by atoms with Gasteiger partial charge in [0.25, 0.3) is 0 Å². The van der Waals surface area contributed by atoms with Crippen LogP contribution < -0.4 is 20.6 Å². The molecule has 3 aromatic carbocycles. The van der Waals surface area contributed by atoms with Crippen molar-refractivity contribution < 1.29 is 24.2 Å². The van der Waals surface area contributed by atoms with E-state index >= 15 is 0 Å².